The van der Waals surface area contributed by atoms with Crippen molar-refractivity contribution in [3.05, 3.63) is 48.7 Å². The van der Waals surface area contributed by atoms with Crippen molar-refractivity contribution in [3.8, 4) is 0 Å². The maximum atomic E-state index is 10.0. The smallest absolute Gasteiger partial charge is 0.250 e. The van der Waals surface area contributed by atoms with Crippen LogP contribution in [0.2, 0.25) is 0 Å². The second-order valence-electron chi connectivity index (χ2n) is 3.25. The summed E-state index contributed by atoms with van der Waals surface area (Å²) in [6.07, 6.45) is 4.34. The third kappa shape index (κ3) is 2.36. The first-order chi connectivity index (χ1) is 7.75. The van der Waals surface area contributed by atoms with E-state index in [4.69, 9.17) is 0 Å². The van der Waals surface area contributed by atoms with Gasteiger partial charge in [-0.1, -0.05) is 18.2 Å². The van der Waals surface area contributed by atoms with Crippen molar-refractivity contribution in [3.63, 3.8) is 0 Å². The fourth-order valence-electron chi connectivity index (χ4n) is 1.35. The number of benzene rings is 1. The number of para-hydroxylation sites is 1. The molecule has 0 unspecified atom stereocenters. The van der Waals surface area contributed by atoms with Crippen molar-refractivity contribution in [2.24, 2.45) is 0 Å². The number of rotatable bonds is 0. The number of carbonyl (C=O) groups is 2. The van der Waals surface area contributed by atoms with Crippen LogP contribution in [0.1, 0.15) is 0 Å². The molecule has 1 aromatic carbocycles. The van der Waals surface area contributed by atoms with Crippen LogP contribution in [0.15, 0.2) is 48.7 Å². The van der Waals surface area contributed by atoms with E-state index in [0.717, 1.165) is 0 Å². The molecule has 0 saturated carbocycles. The Morgan fingerprint density at radius 3 is 2.12 bits per heavy atom. The Morgan fingerprint density at radius 1 is 0.875 bits per heavy atom. The van der Waals surface area contributed by atoms with Gasteiger partial charge in [-0.15, -0.1) is 0 Å². The molecular formula is C12H10N2O2. The van der Waals surface area contributed by atoms with Gasteiger partial charge in [-0.2, -0.15) is 0 Å². The summed E-state index contributed by atoms with van der Waals surface area (Å²) in [5.41, 5.74) is 1.21. The molecule has 0 spiro atoms. The van der Waals surface area contributed by atoms with Gasteiger partial charge in [0.25, 0.3) is 11.8 Å². The second-order valence-corrected chi connectivity index (χ2v) is 3.25. The number of aromatic nitrogens is 1. The van der Waals surface area contributed by atoms with Crippen LogP contribution in [0.5, 0.6) is 0 Å². The Bertz CT molecular complexity index is 509. The average Bonchev–Trinajstić information content (AvgIpc) is 2.88. The van der Waals surface area contributed by atoms with Crippen LogP contribution in [0, 0.1) is 0 Å². The van der Waals surface area contributed by atoms with E-state index in [1.807, 2.05) is 23.6 Å². The molecule has 2 amide bonds. The Kier molecular flexibility index (Phi) is 2.82. The van der Waals surface area contributed by atoms with Gasteiger partial charge in [-0.25, -0.2) is 0 Å². The predicted molar refractivity (Wildman–Crippen MR) is 60.6 cm³/mol. The summed E-state index contributed by atoms with van der Waals surface area (Å²) in [4.78, 5) is 23.2. The molecule has 0 radical (unpaired) electrons. The Labute approximate surface area is 92.0 Å². The van der Waals surface area contributed by atoms with Gasteiger partial charge >= 0.3 is 0 Å². The number of hydrogen-bond acceptors (Lipinski definition) is 2. The highest BCUT2D eigenvalue weighted by molar-refractivity contribution is 6.12. The topological polar surface area (TPSA) is 62.0 Å². The van der Waals surface area contributed by atoms with Gasteiger partial charge in [0, 0.05) is 23.9 Å². The minimum absolute atomic E-state index is 0.329. The molecule has 0 aliphatic carbocycles. The second kappa shape index (κ2) is 4.44. The number of carbonyl (C=O) groups excluding carboxylic acids is 2. The molecule has 0 atom stereocenters. The Balaban J connectivity index is 0.000000125. The summed E-state index contributed by atoms with van der Waals surface area (Å²) in [7, 11) is 0. The molecular weight excluding hydrogens is 204 g/mol. The lowest BCUT2D eigenvalue weighted by Crippen LogP contribution is -2.19. The fourth-order valence-corrected chi connectivity index (χ4v) is 1.35. The van der Waals surface area contributed by atoms with E-state index in [0.29, 0.717) is 0 Å². The Morgan fingerprint density at radius 2 is 1.56 bits per heavy atom. The molecule has 2 N–H and O–H groups in total. The van der Waals surface area contributed by atoms with Crippen LogP contribution >= 0.6 is 0 Å². The van der Waals surface area contributed by atoms with Gasteiger partial charge in [0.15, 0.2) is 0 Å². The summed E-state index contributed by atoms with van der Waals surface area (Å²) in [5.74, 6) is -0.657. The summed E-state index contributed by atoms with van der Waals surface area (Å²) in [6, 6.07) is 10.3. The molecule has 4 heteroatoms. The van der Waals surface area contributed by atoms with Gasteiger partial charge in [0.1, 0.15) is 0 Å². The minimum Gasteiger partial charge on any atom is -0.361 e. The molecule has 16 heavy (non-hydrogen) atoms. The van der Waals surface area contributed by atoms with Crippen molar-refractivity contribution in [2.45, 2.75) is 0 Å². The van der Waals surface area contributed by atoms with Crippen LogP contribution in [0.4, 0.5) is 0 Å². The zero-order valence-electron chi connectivity index (χ0n) is 8.44. The normalized spacial score (nSPS) is 13.5. The number of aromatic amines is 1. The zero-order chi connectivity index (χ0) is 11.4. The summed E-state index contributed by atoms with van der Waals surface area (Å²) in [5, 5.41) is 3.30. The van der Waals surface area contributed by atoms with Crippen LogP contribution in [-0.4, -0.2) is 16.8 Å². The highest BCUT2D eigenvalue weighted by atomic mass is 16.2. The van der Waals surface area contributed by atoms with E-state index < -0.39 is 0 Å². The van der Waals surface area contributed by atoms with Crippen molar-refractivity contribution in [2.75, 3.05) is 0 Å². The van der Waals surface area contributed by atoms with Crippen molar-refractivity contribution >= 4 is 22.7 Å². The Hall–Kier alpha value is -2.36. The molecule has 0 bridgehead atoms. The van der Waals surface area contributed by atoms with Gasteiger partial charge in [0.05, 0.1) is 0 Å². The minimum atomic E-state index is -0.329. The molecule has 1 aromatic heterocycles. The number of H-pyrrole nitrogens is 1. The van der Waals surface area contributed by atoms with Gasteiger partial charge in [-0.3, -0.25) is 14.9 Å². The molecule has 0 fully saturated rings. The molecule has 4 nitrogen and oxygen atoms in total. The van der Waals surface area contributed by atoms with E-state index in [2.05, 4.69) is 23.2 Å². The van der Waals surface area contributed by atoms with E-state index in [1.165, 1.54) is 23.1 Å². The number of hydrogen-bond donors (Lipinski definition) is 2. The predicted octanol–water partition coefficient (Wildman–Crippen LogP) is 1.37. The SMILES string of the molecule is O=C1C=CC(=O)N1.c1ccc2[nH]ccc2c1. The monoisotopic (exact) mass is 214 g/mol. The first-order valence-electron chi connectivity index (χ1n) is 4.81. The number of imide groups is 1. The quantitative estimate of drug-likeness (QED) is 0.650. The lowest BCUT2D eigenvalue weighted by molar-refractivity contribution is -0.123. The van der Waals surface area contributed by atoms with E-state index in [9.17, 15) is 9.59 Å². The largest absolute Gasteiger partial charge is 0.361 e. The first-order valence-corrected chi connectivity index (χ1v) is 4.81. The van der Waals surface area contributed by atoms with Crippen molar-refractivity contribution < 1.29 is 9.59 Å². The van der Waals surface area contributed by atoms with Crippen LogP contribution in [0.3, 0.4) is 0 Å². The third-order valence-electron chi connectivity index (χ3n) is 2.10. The average molecular weight is 214 g/mol. The number of fused-ring (bicyclic) bond motifs is 1. The zero-order valence-corrected chi connectivity index (χ0v) is 8.44. The fraction of sp³-hybridized carbons (Fsp3) is 0. The highest BCUT2D eigenvalue weighted by Crippen LogP contribution is 2.09. The van der Waals surface area contributed by atoms with E-state index >= 15 is 0 Å². The molecule has 1 aliphatic rings. The van der Waals surface area contributed by atoms with Gasteiger partial charge < -0.3 is 4.98 Å². The van der Waals surface area contributed by atoms with E-state index in [-0.39, 0.29) is 11.8 Å². The summed E-state index contributed by atoms with van der Waals surface area (Å²) < 4.78 is 0. The third-order valence-corrected chi connectivity index (χ3v) is 2.10. The highest BCUT2D eigenvalue weighted by Gasteiger charge is 2.06. The lowest BCUT2D eigenvalue weighted by Gasteiger charge is -1.83. The van der Waals surface area contributed by atoms with Crippen molar-refractivity contribution in [1.29, 1.82) is 0 Å². The molecule has 80 valence electrons. The molecule has 2 aromatic rings. The molecule has 0 saturated heterocycles. The molecule has 1 aliphatic heterocycles. The lowest BCUT2D eigenvalue weighted by atomic mass is 10.3. The van der Waals surface area contributed by atoms with Crippen molar-refractivity contribution in [1.82, 2.24) is 10.3 Å². The van der Waals surface area contributed by atoms with Crippen LogP contribution < -0.4 is 5.32 Å². The van der Waals surface area contributed by atoms with Crippen LogP contribution in [-0.2, 0) is 9.59 Å². The molecule has 3 rings (SSSR count). The summed E-state index contributed by atoms with van der Waals surface area (Å²) >= 11 is 0. The van der Waals surface area contributed by atoms with Gasteiger partial charge in [-0.05, 0) is 17.5 Å². The number of nitrogens with one attached hydrogen (secondary N) is 2. The van der Waals surface area contributed by atoms with E-state index in [1.54, 1.807) is 0 Å². The maximum absolute atomic E-state index is 10.0. The maximum Gasteiger partial charge on any atom is 0.250 e. The number of amides is 2. The van der Waals surface area contributed by atoms with Gasteiger partial charge in [0.2, 0.25) is 0 Å². The first kappa shape index (κ1) is 10.2. The summed E-state index contributed by atoms with van der Waals surface area (Å²) in [6.45, 7) is 0. The molecule has 2 heterocycles. The standard InChI is InChI=1S/C8H7N.C4H3NO2/c1-2-4-8-7(3-1)5-6-9-8;6-3-1-2-4(7)5-3/h1-6,9H;1-2H,(H,5,6,7). The van der Waals surface area contributed by atoms with Crippen LogP contribution in [0.25, 0.3) is 10.9 Å².